The van der Waals surface area contributed by atoms with Gasteiger partial charge in [-0.2, -0.15) is 0 Å². The van der Waals surface area contributed by atoms with Crippen molar-refractivity contribution in [2.45, 2.75) is 13.8 Å². The summed E-state index contributed by atoms with van der Waals surface area (Å²) in [5, 5.41) is 8.08. The van der Waals surface area contributed by atoms with Crippen LogP contribution in [0.2, 0.25) is 0 Å². The van der Waals surface area contributed by atoms with Crippen LogP contribution >= 0.6 is 0 Å². The molecule has 0 radical (unpaired) electrons. The lowest BCUT2D eigenvalue weighted by Crippen LogP contribution is -1.85. The van der Waals surface area contributed by atoms with E-state index in [1.54, 1.807) is 0 Å². The molecule has 0 amide bonds. The molecular formula is C20H16. The van der Waals surface area contributed by atoms with Crippen LogP contribution in [0.5, 0.6) is 0 Å². The average molecular weight is 256 g/mol. The van der Waals surface area contributed by atoms with Gasteiger partial charge in [0.25, 0.3) is 0 Å². The van der Waals surface area contributed by atoms with Crippen LogP contribution < -0.4 is 0 Å². The minimum absolute atomic E-state index is 1.32. The van der Waals surface area contributed by atoms with Crippen LogP contribution in [0.25, 0.3) is 32.3 Å². The lowest BCUT2D eigenvalue weighted by atomic mass is 9.94. The average Bonchev–Trinajstić information content (AvgIpc) is 2.47. The normalized spacial score (nSPS) is 11.5. The van der Waals surface area contributed by atoms with Crippen molar-refractivity contribution in [3.63, 3.8) is 0 Å². The van der Waals surface area contributed by atoms with Crippen molar-refractivity contribution in [2.24, 2.45) is 0 Å². The fourth-order valence-electron chi connectivity index (χ4n) is 3.21. The van der Waals surface area contributed by atoms with E-state index in [1.165, 1.54) is 43.4 Å². The van der Waals surface area contributed by atoms with Gasteiger partial charge in [0.1, 0.15) is 0 Å². The molecule has 0 saturated heterocycles. The highest BCUT2D eigenvalue weighted by Crippen LogP contribution is 2.32. The molecule has 0 heteroatoms. The van der Waals surface area contributed by atoms with Crippen molar-refractivity contribution < 1.29 is 0 Å². The molecule has 0 bridgehead atoms. The first-order valence-corrected chi connectivity index (χ1v) is 7.05. The lowest BCUT2D eigenvalue weighted by molar-refractivity contribution is 1.53. The molecule has 0 fully saturated rings. The monoisotopic (exact) mass is 256 g/mol. The second-order valence-corrected chi connectivity index (χ2v) is 5.61. The van der Waals surface area contributed by atoms with Gasteiger partial charge in [0.05, 0.1) is 0 Å². The van der Waals surface area contributed by atoms with Crippen LogP contribution in [0.15, 0.2) is 60.7 Å². The van der Waals surface area contributed by atoms with E-state index in [0.717, 1.165) is 0 Å². The quantitative estimate of drug-likeness (QED) is 0.277. The first-order chi connectivity index (χ1) is 9.74. The van der Waals surface area contributed by atoms with Gasteiger partial charge < -0.3 is 0 Å². The van der Waals surface area contributed by atoms with Crippen LogP contribution in [0, 0.1) is 13.8 Å². The minimum Gasteiger partial charge on any atom is -0.0616 e. The van der Waals surface area contributed by atoms with E-state index in [9.17, 15) is 0 Å². The summed E-state index contributed by atoms with van der Waals surface area (Å²) >= 11 is 0. The highest BCUT2D eigenvalue weighted by molar-refractivity contribution is 6.13. The van der Waals surface area contributed by atoms with Crippen LogP contribution in [0.4, 0.5) is 0 Å². The molecule has 0 N–H and O–H groups in total. The molecule has 4 aromatic rings. The Morgan fingerprint density at radius 3 is 2.15 bits per heavy atom. The molecular weight excluding hydrogens is 240 g/mol. The molecule has 20 heavy (non-hydrogen) atoms. The molecule has 0 atom stereocenters. The van der Waals surface area contributed by atoms with Crippen molar-refractivity contribution in [3.8, 4) is 0 Å². The Morgan fingerprint density at radius 1 is 0.500 bits per heavy atom. The Morgan fingerprint density at radius 2 is 1.25 bits per heavy atom. The van der Waals surface area contributed by atoms with E-state index >= 15 is 0 Å². The smallest absolute Gasteiger partial charge is 0.00964 e. The zero-order valence-corrected chi connectivity index (χ0v) is 11.8. The standard InChI is InChI=1S/C20H16/c1-13-6-5-8-16-11-20-17-9-4-3-7-15(17)10-14(2)19(20)12-18(13)16/h3-12H,1-2H3. The number of aryl methyl sites for hydroxylation is 2. The zero-order chi connectivity index (χ0) is 13.7. The molecule has 0 unspecified atom stereocenters. The predicted molar refractivity (Wildman–Crippen MR) is 88.4 cm³/mol. The summed E-state index contributed by atoms with van der Waals surface area (Å²) in [7, 11) is 0. The summed E-state index contributed by atoms with van der Waals surface area (Å²) in [6.45, 7) is 4.39. The maximum Gasteiger partial charge on any atom is -0.00964 e. The summed E-state index contributed by atoms with van der Waals surface area (Å²) < 4.78 is 0. The van der Waals surface area contributed by atoms with Gasteiger partial charge in [-0.05, 0) is 69.4 Å². The van der Waals surface area contributed by atoms with E-state index in [1.807, 2.05) is 0 Å². The van der Waals surface area contributed by atoms with Gasteiger partial charge in [0, 0.05) is 0 Å². The van der Waals surface area contributed by atoms with Gasteiger partial charge in [-0.25, -0.2) is 0 Å². The molecule has 0 spiro atoms. The number of fused-ring (bicyclic) bond motifs is 4. The molecule has 0 nitrogen and oxygen atoms in total. The van der Waals surface area contributed by atoms with Crippen molar-refractivity contribution in [3.05, 3.63) is 71.8 Å². The van der Waals surface area contributed by atoms with E-state index in [0.29, 0.717) is 0 Å². The third-order valence-corrected chi connectivity index (χ3v) is 4.28. The summed E-state index contributed by atoms with van der Waals surface area (Å²) in [6, 6.07) is 22.2. The molecule has 0 aromatic heterocycles. The van der Waals surface area contributed by atoms with Crippen molar-refractivity contribution in [2.75, 3.05) is 0 Å². The Hall–Kier alpha value is -2.34. The van der Waals surface area contributed by atoms with Crippen molar-refractivity contribution in [1.29, 1.82) is 0 Å². The Bertz CT molecular complexity index is 962. The third-order valence-electron chi connectivity index (χ3n) is 4.28. The maximum atomic E-state index is 2.35. The summed E-state index contributed by atoms with van der Waals surface area (Å²) in [4.78, 5) is 0. The molecule has 0 aliphatic carbocycles. The highest BCUT2D eigenvalue weighted by Gasteiger charge is 2.06. The van der Waals surface area contributed by atoms with Crippen molar-refractivity contribution >= 4 is 32.3 Å². The number of benzene rings is 4. The van der Waals surface area contributed by atoms with Crippen LogP contribution in [-0.2, 0) is 0 Å². The molecule has 0 aliphatic rings. The Labute approximate surface area is 118 Å². The van der Waals surface area contributed by atoms with E-state index < -0.39 is 0 Å². The maximum absolute atomic E-state index is 2.35. The first-order valence-electron chi connectivity index (χ1n) is 7.05. The highest BCUT2D eigenvalue weighted by atomic mass is 14.1. The van der Waals surface area contributed by atoms with Gasteiger partial charge in [-0.1, -0.05) is 48.5 Å². The van der Waals surface area contributed by atoms with Gasteiger partial charge in [-0.15, -0.1) is 0 Å². The fourth-order valence-corrected chi connectivity index (χ4v) is 3.21. The topological polar surface area (TPSA) is 0 Å². The van der Waals surface area contributed by atoms with Crippen LogP contribution in [0.3, 0.4) is 0 Å². The van der Waals surface area contributed by atoms with Gasteiger partial charge in [-0.3, -0.25) is 0 Å². The van der Waals surface area contributed by atoms with Gasteiger partial charge >= 0.3 is 0 Å². The molecule has 96 valence electrons. The lowest BCUT2D eigenvalue weighted by Gasteiger charge is -2.10. The minimum atomic E-state index is 1.32. The molecule has 4 rings (SSSR count). The van der Waals surface area contributed by atoms with Crippen molar-refractivity contribution in [1.82, 2.24) is 0 Å². The molecule has 0 heterocycles. The second-order valence-electron chi connectivity index (χ2n) is 5.61. The summed E-state index contributed by atoms with van der Waals surface area (Å²) in [6.07, 6.45) is 0. The predicted octanol–water partition coefficient (Wildman–Crippen LogP) is 5.76. The van der Waals surface area contributed by atoms with Gasteiger partial charge in [0.15, 0.2) is 0 Å². The molecule has 4 aromatic carbocycles. The largest absolute Gasteiger partial charge is 0.0616 e. The van der Waals surface area contributed by atoms with E-state index in [4.69, 9.17) is 0 Å². The fraction of sp³-hybridized carbons (Fsp3) is 0.100. The van der Waals surface area contributed by atoms with E-state index in [2.05, 4.69) is 74.5 Å². The van der Waals surface area contributed by atoms with Crippen LogP contribution in [-0.4, -0.2) is 0 Å². The molecule has 0 aliphatic heterocycles. The molecule has 0 saturated carbocycles. The SMILES string of the molecule is Cc1cccc2cc3c(cc12)c(C)cc1ccccc13. The van der Waals surface area contributed by atoms with E-state index in [-0.39, 0.29) is 0 Å². The third kappa shape index (κ3) is 1.55. The first kappa shape index (κ1) is 11.5. The van der Waals surface area contributed by atoms with Crippen LogP contribution in [0.1, 0.15) is 11.1 Å². The second kappa shape index (κ2) is 4.08. The summed E-state index contributed by atoms with van der Waals surface area (Å²) in [5.74, 6) is 0. The Balaban J connectivity index is 2.30. The van der Waals surface area contributed by atoms with Gasteiger partial charge in [0.2, 0.25) is 0 Å². The number of hydrogen-bond acceptors (Lipinski definition) is 0. The number of rotatable bonds is 0. The summed E-state index contributed by atoms with van der Waals surface area (Å²) in [5.41, 5.74) is 2.70. The number of hydrogen-bond donors (Lipinski definition) is 0. The zero-order valence-electron chi connectivity index (χ0n) is 11.8. The Kier molecular flexibility index (Phi) is 2.34.